The average molecular weight is 459 g/mol. The summed E-state index contributed by atoms with van der Waals surface area (Å²) in [4.78, 5) is 25.3. The second-order valence-electron chi connectivity index (χ2n) is 11.0. The number of hydrogen-bond donors (Lipinski definition) is 2. The Morgan fingerprint density at radius 1 is 1.12 bits per heavy atom. The Kier molecular flexibility index (Phi) is 4.93. The number of amides is 2. The van der Waals surface area contributed by atoms with E-state index in [0.717, 1.165) is 32.1 Å². The predicted molar refractivity (Wildman–Crippen MR) is 121 cm³/mol. The Bertz CT molecular complexity index is 1050. The fourth-order valence-electron chi connectivity index (χ4n) is 6.65. The van der Waals surface area contributed by atoms with Crippen LogP contribution in [0, 0.1) is 17.8 Å². The molecule has 32 heavy (non-hydrogen) atoms. The Labute approximate surface area is 193 Å². The van der Waals surface area contributed by atoms with Gasteiger partial charge in [0.25, 0.3) is 5.91 Å². The minimum absolute atomic E-state index is 0.0460. The lowest BCUT2D eigenvalue weighted by Gasteiger charge is -2.60. The van der Waals surface area contributed by atoms with Crippen LogP contribution in [-0.2, 0) is 10.3 Å². The average Bonchev–Trinajstić information content (AvgIpc) is 3.28. The van der Waals surface area contributed by atoms with Gasteiger partial charge in [0, 0.05) is 18.5 Å². The summed E-state index contributed by atoms with van der Waals surface area (Å²) in [6.45, 7) is 7.72. The van der Waals surface area contributed by atoms with Crippen molar-refractivity contribution in [3.8, 4) is 5.82 Å². The van der Waals surface area contributed by atoms with E-state index in [9.17, 15) is 9.59 Å². The molecule has 2 unspecified atom stereocenters. The number of carbonyl (C=O) groups is 2. The highest BCUT2D eigenvalue weighted by Crippen LogP contribution is 2.55. The topological polar surface area (TPSA) is 93.8 Å². The maximum atomic E-state index is 13.5. The van der Waals surface area contributed by atoms with Crippen LogP contribution in [0.1, 0.15) is 70.2 Å². The quantitative estimate of drug-likeness (QED) is 0.735. The lowest BCUT2D eigenvalue weighted by Crippen LogP contribution is -2.66. The van der Waals surface area contributed by atoms with Gasteiger partial charge in [0.2, 0.25) is 5.91 Å². The van der Waals surface area contributed by atoms with Crippen LogP contribution in [0.4, 0.5) is 0 Å². The molecule has 0 aliphatic heterocycles. The first-order valence-electron chi connectivity index (χ1n) is 11.4. The van der Waals surface area contributed by atoms with E-state index < -0.39 is 0 Å². The van der Waals surface area contributed by atoms with Gasteiger partial charge >= 0.3 is 0 Å². The van der Waals surface area contributed by atoms with Gasteiger partial charge in [0.1, 0.15) is 5.56 Å². The molecular weight excluding hydrogens is 428 g/mol. The van der Waals surface area contributed by atoms with Crippen LogP contribution < -0.4 is 10.6 Å². The van der Waals surface area contributed by atoms with Gasteiger partial charge in [-0.25, -0.2) is 9.36 Å². The van der Waals surface area contributed by atoms with Gasteiger partial charge in [-0.3, -0.25) is 9.59 Å². The molecule has 4 fully saturated rings. The molecule has 2 N–H and O–H groups in total. The molecule has 9 heteroatoms. The van der Waals surface area contributed by atoms with E-state index in [1.54, 1.807) is 30.2 Å². The van der Waals surface area contributed by atoms with E-state index in [-0.39, 0.29) is 28.9 Å². The molecule has 0 radical (unpaired) electrons. The summed E-state index contributed by atoms with van der Waals surface area (Å²) < 4.78 is 3.44. The van der Waals surface area contributed by atoms with Crippen molar-refractivity contribution in [2.75, 3.05) is 0 Å². The molecule has 4 bridgehead atoms. The minimum atomic E-state index is -0.334. The summed E-state index contributed by atoms with van der Waals surface area (Å²) in [6, 6.07) is 0.118. The zero-order valence-electron chi connectivity index (χ0n) is 19.1. The molecule has 2 aromatic rings. The van der Waals surface area contributed by atoms with Gasteiger partial charge in [-0.15, -0.1) is 0 Å². The number of halogens is 1. The fourth-order valence-corrected chi connectivity index (χ4v) is 6.78. The molecule has 4 aliphatic carbocycles. The number of carbonyl (C=O) groups excluding carboxylic acids is 2. The molecule has 2 heterocycles. The molecule has 0 aromatic carbocycles. The molecule has 8 nitrogen and oxygen atoms in total. The SMILES string of the molecule is CC(=O)N[C@]12CC3CC(C1)[C@@H](NC(=O)c1cnn(C(C)(C)C)c1-n1cc(Cl)cn1)C(C3)C2. The molecule has 2 aromatic heterocycles. The largest absolute Gasteiger partial charge is 0.351 e. The Balaban J connectivity index is 1.42. The second kappa shape index (κ2) is 7.33. The lowest BCUT2D eigenvalue weighted by atomic mass is 9.51. The number of rotatable bonds is 4. The summed E-state index contributed by atoms with van der Waals surface area (Å²) in [5, 5.41) is 16.0. The first kappa shape index (κ1) is 21.5. The van der Waals surface area contributed by atoms with Crippen LogP contribution in [-0.4, -0.2) is 43.0 Å². The standard InChI is InChI=1S/C23H31ClN6O2/c1-13(31)28-23-7-14-5-15(8-23)19(16(6-14)9-23)27-20(32)18-11-26-30(22(2,3)4)21(18)29-12-17(24)10-25-29/h10-12,14-16,19H,5-9H2,1-4H3,(H,27,32)(H,28,31)/t14?,15?,16?,19-,23-. The molecule has 172 valence electrons. The van der Waals surface area contributed by atoms with Crippen molar-refractivity contribution in [3.63, 3.8) is 0 Å². The summed E-state index contributed by atoms with van der Waals surface area (Å²) >= 11 is 6.12. The normalized spacial score (nSPS) is 31.0. The third-order valence-electron chi connectivity index (χ3n) is 7.40. The van der Waals surface area contributed by atoms with Crippen LogP contribution in [0.2, 0.25) is 5.02 Å². The Morgan fingerprint density at radius 3 is 2.38 bits per heavy atom. The maximum absolute atomic E-state index is 13.5. The molecule has 0 saturated heterocycles. The van der Waals surface area contributed by atoms with Gasteiger partial charge < -0.3 is 10.6 Å². The smallest absolute Gasteiger partial charge is 0.256 e. The minimum Gasteiger partial charge on any atom is -0.351 e. The van der Waals surface area contributed by atoms with Crippen LogP contribution in [0.5, 0.6) is 0 Å². The molecule has 2 amide bonds. The number of aromatic nitrogens is 4. The van der Waals surface area contributed by atoms with Gasteiger partial charge in [0.05, 0.1) is 29.2 Å². The number of nitrogens with one attached hydrogen (secondary N) is 2. The van der Waals surface area contributed by atoms with E-state index in [4.69, 9.17) is 11.6 Å². The number of hydrogen-bond acceptors (Lipinski definition) is 4. The highest BCUT2D eigenvalue weighted by molar-refractivity contribution is 6.30. The molecular formula is C23H31ClN6O2. The second-order valence-corrected chi connectivity index (χ2v) is 11.4. The molecule has 2 atom stereocenters. The van der Waals surface area contributed by atoms with Crippen LogP contribution in [0.25, 0.3) is 5.82 Å². The lowest BCUT2D eigenvalue weighted by molar-refractivity contribution is -0.125. The number of nitrogens with zero attached hydrogens (tertiary/aromatic N) is 4. The molecule has 4 aliphatic rings. The van der Waals surface area contributed by atoms with Crippen molar-refractivity contribution in [1.82, 2.24) is 30.2 Å². The van der Waals surface area contributed by atoms with E-state index >= 15 is 0 Å². The third kappa shape index (κ3) is 3.62. The highest BCUT2D eigenvalue weighted by atomic mass is 35.5. The first-order valence-corrected chi connectivity index (χ1v) is 11.8. The highest BCUT2D eigenvalue weighted by Gasteiger charge is 2.56. The van der Waals surface area contributed by atoms with Crippen molar-refractivity contribution in [2.45, 2.75) is 76.9 Å². The van der Waals surface area contributed by atoms with Gasteiger partial charge in [-0.2, -0.15) is 10.2 Å². The van der Waals surface area contributed by atoms with Crippen LogP contribution in [0.3, 0.4) is 0 Å². The molecule has 0 spiro atoms. The zero-order valence-corrected chi connectivity index (χ0v) is 19.8. The van der Waals surface area contributed by atoms with E-state index in [0.29, 0.717) is 34.2 Å². The van der Waals surface area contributed by atoms with Gasteiger partial charge in [-0.1, -0.05) is 11.6 Å². The van der Waals surface area contributed by atoms with Crippen molar-refractivity contribution >= 4 is 23.4 Å². The summed E-state index contributed by atoms with van der Waals surface area (Å²) in [7, 11) is 0. The van der Waals surface area contributed by atoms with E-state index in [2.05, 4.69) is 20.8 Å². The monoisotopic (exact) mass is 458 g/mol. The summed E-state index contributed by atoms with van der Waals surface area (Å²) in [5.41, 5.74) is 0.0715. The van der Waals surface area contributed by atoms with Crippen molar-refractivity contribution in [1.29, 1.82) is 0 Å². The predicted octanol–water partition coefficient (Wildman–Crippen LogP) is 3.29. The van der Waals surface area contributed by atoms with Crippen molar-refractivity contribution in [3.05, 3.63) is 29.2 Å². The van der Waals surface area contributed by atoms with Crippen LogP contribution in [0.15, 0.2) is 18.6 Å². The first-order chi connectivity index (χ1) is 15.0. The van der Waals surface area contributed by atoms with Gasteiger partial charge in [-0.05, 0) is 70.6 Å². The molecule has 6 rings (SSSR count). The summed E-state index contributed by atoms with van der Waals surface area (Å²) in [5.74, 6) is 1.94. The Hall–Kier alpha value is -2.35. The van der Waals surface area contributed by atoms with E-state index in [1.165, 1.54) is 0 Å². The van der Waals surface area contributed by atoms with Crippen molar-refractivity contribution in [2.24, 2.45) is 17.8 Å². The van der Waals surface area contributed by atoms with E-state index in [1.807, 2.05) is 25.5 Å². The maximum Gasteiger partial charge on any atom is 0.256 e. The van der Waals surface area contributed by atoms with Crippen molar-refractivity contribution < 1.29 is 9.59 Å². The third-order valence-corrected chi connectivity index (χ3v) is 7.60. The van der Waals surface area contributed by atoms with Crippen LogP contribution >= 0.6 is 11.6 Å². The molecule has 4 saturated carbocycles. The summed E-state index contributed by atoms with van der Waals surface area (Å²) in [6.07, 6.45) is 10.1. The fraction of sp³-hybridized carbons (Fsp3) is 0.652. The zero-order chi connectivity index (χ0) is 22.8. The Morgan fingerprint density at radius 2 is 1.81 bits per heavy atom. The van der Waals surface area contributed by atoms with Gasteiger partial charge in [0.15, 0.2) is 5.82 Å².